The lowest BCUT2D eigenvalue weighted by Gasteiger charge is -2.14. The molecule has 0 saturated carbocycles. The second-order valence-corrected chi connectivity index (χ2v) is 30.8. The lowest BCUT2D eigenvalue weighted by Crippen LogP contribution is -2.02. The zero-order valence-electron chi connectivity index (χ0n) is 69.0. The molecule has 14 nitrogen and oxygen atoms in total. The molecule has 14 heteroatoms. The van der Waals surface area contributed by atoms with Crippen molar-refractivity contribution in [3.05, 3.63) is 449 Å². The van der Waals surface area contributed by atoms with Gasteiger partial charge in [-0.25, -0.2) is 69.8 Å². The molecule has 6 aromatic heterocycles. The Morgan fingerprint density at radius 2 is 0.234 bits per heavy atom. The monoisotopic (exact) mass is 1640 g/mol. The van der Waals surface area contributed by atoms with Crippen LogP contribution in [-0.4, -0.2) is 69.8 Å². The quantitative estimate of drug-likeness (QED) is 0.0791. The van der Waals surface area contributed by atoms with Crippen LogP contribution in [0.25, 0.3) is 225 Å². The number of hydrogen-bond acceptors (Lipinski definition) is 14. The average molecular weight is 1640 g/mol. The second kappa shape index (κ2) is 35.4. The van der Waals surface area contributed by atoms with Crippen molar-refractivity contribution in [3.63, 3.8) is 0 Å². The van der Waals surface area contributed by atoms with Gasteiger partial charge in [0, 0.05) is 100 Å². The number of fused-ring (bicyclic) bond motifs is 2. The maximum absolute atomic E-state index is 5.29. The topological polar surface area (TPSA) is 180 Å². The largest absolute Gasteiger partial charge is 0.228 e. The van der Waals surface area contributed by atoms with E-state index in [1.807, 2.05) is 218 Å². The fourth-order valence-corrected chi connectivity index (χ4v) is 15.7. The van der Waals surface area contributed by atoms with Gasteiger partial charge in [0.05, 0.1) is 45.6 Å². The Morgan fingerprint density at radius 3 is 0.430 bits per heavy atom. The third-order valence-electron chi connectivity index (χ3n) is 22.2. The summed E-state index contributed by atoms with van der Waals surface area (Å²) in [5.41, 5.74) is 22.3. The first-order chi connectivity index (χ1) is 63.3. The van der Waals surface area contributed by atoms with E-state index in [0.717, 1.165) is 167 Å². The van der Waals surface area contributed by atoms with Crippen LogP contribution >= 0.6 is 0 Å². The molecule has 0 bridgehead atoms. The molecule has 0 N–H and O–H groups in total. The minimum atomic E-state index is 0.486. The molecule has 22 aromatic rings. The van der Waals surface area contributed by atoms with E-state index < -0.39 is 0 Å². The van der Waals surface area contributed by atoms with Gasteiger partial charge >= 0.3 is 0 Å². The first-order valence-corrected chi connectivity index (χ1v) is 42.3. The van der Waals surface area contributed by atoms with Gasteiger partial charge in [0.2, 0.25) is 0 Å². The Labute approximate surface area is 739 Å². The zero-order valence-corrected chi connectivity index (χ0v) is 69.0. The molecule has 0 fully saturated rings. The van der Waals surface area contributed by atoms with Crippen molar-refractivity contribution in [3.8, 4) is 204 Å². The third-order valence-corrected chi connectivity index (χ3v) is 22.2. The van der Waals surface area contributed by atoms with E-state index in [9.17, 15) is 0 Å². The van der Waals surface area contributed by atoms with E-state index in [1.54, 1.807) is 0 Å². The van der Waals surface area contributed by atoms with Gasteiger partial charge in [0.1, 0.15) is 0 Å². The highest BCUT2D eigenvalue weighted by Crippen LogP contribution is 2.40. The first-order valence-electron chi connectivity index (χ1n) is 42.3. The Hall–Kier alpha value is -17.6. The lowest BCUT2D eigenvalue weighted by atomic mass is 10.0. The smallest absolute Gasteiger partial charge is 0.164 e. The molecule has 0 aliphatic carbocycles. The fraction of sp³-hybridized carbons (Fsp3) is 0. The number of aromatic nitrogens is 14. The molecule has 128 heavy (non-hydrogen) atoms. The van der Waals surface area contributed by atoms with E-state index in [0.29, 0.717) is 58.2 Å². The van der Waals surface area contributed by atoms with Gasteiger partial charge < -0.3 is 0 Å². The fourth-order valence-electron chi connectivity index (χ4n) is 15.7. The van der Waals surface area contributed by atoms with Crippen LogP contribution in [0, 0.1) is 0 Å². The molecule has 22 rings (SSSR count). The molecule has 0 aliphatic heterocycles. The summed E-state index contributed by atoms with van der Waals surface area (Å²) in [7, 11) is 0. The van der Waals surface area contributed by atoms with E-state index in [-0.39, 0.29) is 0 Å². The van der Waals surface area contributed by atoms with Crippen LogP contribution in [-0.2, 0) is 0 Å². The summed E-state index contributed by atoms with van der Waals surface area (Å²) in [6, 6.07) is 152. The summed E-state index contributed by atoms with van der Waals surface area (Å²) >= 11 is 0. The number of rotatable bonds is 18. The van der Waals surface area contributed by atoms with Crippen molar-refractivity contribution in [2.45, 2.75) is 0 Å². The van der Waals surface area contributed by atoms with Crippen LogP contribution in [0.2, 0.25) is 0 Å². The highest BCUT2D eigenvalue weighted by molar-refractivity contribution is 5.90. The van der Waals surface area contributed by atoms with Crippen molar-refractivity contribution in [1.82, 2.24) is 69.8 Å². The summed E-state index contributed by atoms with van der Waals surface area (Å²) in [6.07, 6.45) is 0. The van der Waals surface area contributed by atoms with Gasteiger partial charge in [-0.15, -0.1) is 0 Å². The summed E-state index contributed by atoms with van der Waals surface area (Å²) in [6.45, 7) is 0. The molecule has 16 aromatic carbocycles. The van der Waals surface area contributed by atoms with Gasteiger partial charge in [-0.2, -0.15) is 0 Å². The number of benzene rings is 16. The van der Waals surface area contributed by atoms with Crippen LogP contribution in [0.1, 0.15) is 0 Å². The van der Waals surface area contributed by atoms with Crippen molar-refractivity contribution in [2.75, 3.05) is 0 Å². The molecule has 0 aliphatic rings. The summed E-state index contributed by atoms with van der Waals surface area (Å²) in [5, 5.41) is 4.46. The van der Waals surface area contributed by atoms with Crippen LogP contribution < -0.4 is 0 Å². The van der Waals surface area contributed by atoms with Gasteiger partial charge in [-0.1, -0.05) is 376 Å². The van der Waals surface area contributed by atoms with Crippen molar-refractivity contribution >= 4 is 21.5 Å². The highest BCUT2D eigenvalue weighted by atomic mass is 15.0. The molecule has 0 amide bonds. The van der Waals surface area contributed by atoms with Crippen molar-refractivity contribution in [2.24, 2.45) is 0 Å². The third kappa shape index (κ3) is 17.1. The molecule has 0 unspecified atom stereocenters. The van der Waals surface area contributed by atoms with E-state index in [2.05, 4.69) is 231 Å². The highest BCUT2D eigenvalue weighted by Gasteiger charge is 2.24. The lowest BCUT2D eigenvalue weighted by molar-refractivity contribution is 1.07. The summed E-state index contributed by atoms with van der Waals surface area (Å²) in [5.74, 6) is 5.38. The Balaban J connectivity index is 0.000000157. The molecule has 0 saturated heterocycles. The van der Waals surface area contributed by atoms with Gasteiger partial charge in [-0.3, -0.25) is 0 Å². The second-order valence-electron chi connectivity index (χ2n) is 30.8. The Morgan fingerprint density at radius 1 is 0.0859 bits per heavy atom. The predicted octanol–water partition coefficient (Wildman–Crippen LogP) is 27.2. The predicted molar refractivity (Wildman–Crippen MR) is 515 cm³/mol. The van der Waals surface area contributed by atoms with Crippen LogP contribution in [0.5, 0.6) is 0 Å². The summed E-state index contributed by atoms with van der Waals surface area (Å²) < 4.78 is 0. The Bertz CT molecular complexity index is 6890. The Kier molecular flexibility index (Phi) is 21.5. The normalized spacial score (nSPS) is 11.1. The minimum Gasteiger partial charge on any atom is -0.228 e. The van der Waals surface area contributed by atoms with Gasteiger partial charge in [0.25, 0.3) is 0 Å². The standard InChI is InChI=1S/C61H39N7.C53H35N7/c1-5-19-42(20-6-1)53-38-54(43-21-7-2-8-22-43)63-59(62-53)50-35-51(60-64-55(44-23-9-3-10-24-44)39-56(65-60)45-25-11-4-12-26-45)37-52(36-50)61-67-57(48-31-29-40-17-13-15-27-46(40)33-48)66-58(68-61)49-32-30-41-18-14-16-28-47(41)34-49;1-7-19-36(20-8-1)45-34-46(37-21-9-2-10-22-37)55-51(54-45)42-31-43(52-56-47(38-23-11-3-12-24-38)35-48(57-52)39-25-13-4-14-26-39)33-44(32-42)53-59-49(40-27-15-5-16-28-40)58-50(60-53)41-29-17-6-18-30-41/h1-39H;1-35H. The van der Waals surface area contributed by atoms with Gasteiger partial charge in [0.15, 0.2) is 58.2 Å². The average Bonchev–Trinajstić information content (AvgIpc) is 0.760. The van der Waals surface area contributed by atoms with Crippen LogP contribution in [0.15, 0.2) is 449 Å². The SMILES string of the molecule is c1ccc(-c2cc(-c3ccccc3)nc(-c3cc(-c4nc(-c5ccccc5)cc(-c5ccccc5)n4)cc(-c4nc(-c5ccc6ccccc6c5)nc(-c5ccc6ccccc6c5)n4)c3)n2)cc1.c1ccc(-c2cc(-c3ccccc3)nc(-c3cc(-c4nc(-c5ccccc5)cc(-c5ccccc5)n4)cc(-c4nc(-c5ccccc5)nc(-c5ccccc5)n4)c3)n2)cc1. The summed E-state index contributed by atoms with van der Waals surface area (Å²) in [4.78, 5) is 73.0. The zero-order chi connectivity index (χ0) is 85.3. The molecule has 600 valence electrons. The van der Waals surface area contributed by atoms with E-state index in [1.165, 1.54) is 0 Å². The minimum absolute atomic E-state index is 0.486. The van der Waals surface area contributed by atoms with E-state index in [4.69, 9.17) is 69.8 Å². The maximum atomic E-state index is 5.29. The first kappa shape index (κ1) is 77.7. The van der Waals surface area contributed by atoms with Crippen LogP contribution in [0.4, 0.5) is 0 Å². The van der Waals surface area contributed by atoms with Crippen LogP contribution in [0.3, 0.4) is 0 Å². The maximum Gasteiger partial charge on any atom is 0.164 e. The molecule has 0 atom stereocenters. The molecular formula is C114H74N14. The number of nitrogens with zero attached hydrogens (tertiary/aromatic N) is 14. The van der Waals surface area contributed by atoms with E-state index >= 15 is 0 Å². The van der Waals surface area contributed by atoms with Crippen molar-refractivity contribution < 1.29 is 0 Å². The van der Waals surface area contributed by atoms with Crippen molar-refractivity contribution in [1.29, 1.82) is 0 Å². The molecule has 6 heterocycles. The molecular weight excluding hydrogens is 1570 g/mol. The number of hydrogen-bond donors (Lipinski definition) is 0. The molecule has 0 radical (unpaired) electrons. The van der Waals surface area contributed by atoms with Gasteiger partial charge in [-0.05, 0) is 94.3 Å². The molecule has 0 spiro atoms.